The minimum Gasteiger partial charge on any atom is -0.356 e. The summed E-state index contributed by atoms with van der Waals surface area (Å²) >= 11 is 0. The average Bonchev–Trinajstić information content (AvgIpc) is 2.52. The van der Waals surface area contributed by atoms with Gasteiger partial charge in [0, 0.05) is 45.7 Å². The molecule has 0 aromatic carbocycles. The molecule has 1 N–H and O–H groups in total. The highest BCUT2D eigenvalue weighted by atomic mass is 16.2. The van der Waals surface area contributed by atoms with Crippen LogP contribution in [0.3, 0.4) is 0 Å². The summed E-state index contributed by atoms with van der Waals surface area (Å²) in [6, 6.07) is 0.406. The molecule has 22 heavy (non-hydrogen) atoms. The Labute approximate surface area is 135 Å². The van der Waals surface area contributed by atoms with E-state index in [9.17, 15) is 4.79 Å². The minimum atomic E-state index is 0.280. The van der Waals surface area contributed by atoms with Gasteiger partial charge in [0.1, 0.15) is 0 Å². The number of hydrogen-bond donors (Lipinski definition) is 1. The van der Waals surface area contributed by atoms with E-state index in [0.717, 1.165) is 44.4 Å². The van der Waals surface area contributed by atoms with Gasteiger partial charge < -0.3 is 15.1 Å². The molecule has 126 valence electrons. The first-order valence-corrected chi connectivity index (χ1v) is 8.87. The van der Waals surface area contributed by atoms with E-state index in [1.807, 2.05) is 7.05 Å². The standard InChI is InChI=1S/C17H32N4O/c1-14-7-6-11-20(13-14)17(18-3)19-10-9-16(22)21-12-5-4-8-15(21)2/h14-15H,4-13H2,1-3H3,(H,18,19). The van der Waals surface area contributed by atoms with E-state index in [2.05, 4.69) is 34.0 Å². The van der Waals surface area contributed by atoms with Crippen LogP contribution in [0.5, 0.6) is 0 Å². The Hall–Kier alpha value is -1.26. The molecular formula is C17H32N4O. The van der Waals surface area contributed by atoms with Gasteiger partial charge in [0.05, 0.1) is 0 Å². The van der Waals surface area contributed by atoms with E-state index in [-0.39, 0.29) is 5.91 Å². The van der Waals surface area contributed by atoms with E-state index in [1.165, 1.54) is 19.3 Å². The molecule has 0 aromatic heterocycles. The molecule has 2 heterocycles. The smallest absolute Gasteiger partial charge is 0.224 e. The molecule has 2 aliphatic heterocycles. The summed E-state index contributed by atoms with van der Waals surface area (Å²) in [4.78, 5) is 21.1. The highest BCUT2D eigenvalue weighted by Gasteiger charge is 2.23. The highest BCUT2D eigenvalue weighted by molar-refractivity contribution is 5.81. The number of carbonyl (C=O) groups is 1. The van der Waals surface area contributed by atoms with Crippen LogP contribution < -0.4 is 5.32 Å². The molecule has 1 amide bonds. The van der Waals surface area contributed by atoms with Crippen molar-refractivity contribution in [2.75, 3.05) is 33.2 Å². The number of carbonyl (C=O) groups excluding carboxylic acids is 1. The Kier molecular flexibility index (Phi) is 6.52. The molecule has 0 saturated carbocycles. The van der Waals surface area contributed by atoms with Crippen molar-refractivity contribution in [3.05, 3.63) is 0 Å². The first-order valence-electron chi connectivity index (χ1n) is 8.87. The Morgan fingerprint density at radius 2 is 2.00 bits per heavy atom. The zero-order valence-corrected chi connectivity index (χ0v) is 14.5. The summed E-state index contributed by atoms with van der Waals surface area (Å²) in [5, 5.41) is 3.37. The van der Waals surface area contributed by atoms with E-state index < -0.39 is 0 Å². The molecule has 5 nitrogen and oxygen atoms in total. The second-order valence-corrected chi connectivity index (χ2v) is 6.85. The van der Waals surface area contributed by atoms with Gasteiger partial charge in [-0.1, -0.05) is 6.92 Å². The number of guanidine groups is 1. The lowest BCUT2D eigenvalue weighted by Gasteiger charge is -2.35. The Balaban J connectivity index is 1.75. The number of amides is 1. The molecule has 2 aliphatic rings. The van der Waals surface area contributed by atoms with Crippen LogP contribution in [0.1, 0.15) is 52.4 Å². The summed E-state index contributed by atoms with van der Waals surface area (Å²) in [7, 11) is 1.83. The fourth-order valence-corrected chi connectivity index (χ4v) is 3.61. The van der Waals surface area contributed by atoms with Crippen molar-refractivity contribution in [3.63, 3.8) is 0 Å². The van der Waals surface area contributed by atoms with Crippen molar-refractivity contribution in [1.29, 1.82) is 0 Å². The summed E-state index contributed by atoms with van der Waals surface area (Å²) in [6.45, 7) is 8.20. The molecule has 5 heteroatoms. The third-order valence-corrected chi connectivity index (χ3v) is 4.91. The lowest BCUT2D eigenvalue weighted by Crippen LogP contribution is -2.47. The van der Waals surface area contributed by atoms with Crippen LogP contribution >= 0.6 is 0 Å². The lowest BCUT2D eigenvalue weighted by molar-refractivity contribution is -0.134. The molecule has 0 bridgehead atoms. The third kappa shape index (κ3) is 4.62. The zero-order valence-electron chi connectivity index (χ0n) is 14.5. The van der Waals surface area contributed by atoms with Gasteiger partial charge in [-0.15, -0.1) is 0 Å². The fourth-order valence-electron chi connectivity index (χ4n) is 3.61. The second-order valence-electron chi connectivity index (χ2n) is 6.85. The molecule has 2 unspecified atom stereocenters. The Morgan fingerprint density at radius 3 is 2.68 bits per heavy atom. The Morgan fingerprint density at radius 1 is 1.18 bits per heavy atom. The van der Waals surface area contributed by atoms with Crippen LogP contribution in [0.4, 0.5) is 0 Å². The number of nitrogens with one attached hydrogen (secondary N) is 1. The monoisotopic (exact) mass is 308 g/mol. The van der Waals surface area contributed by atoms with Crippen molar-refractivity contribution < 1.29 is 4.79 Å². The first kappa shape index (κ1) is 17.1. The first-order chi connectivity index (χ1) is 10.6. The number of hydrogen-bond acceptors (Lipinski definition) is 2. The van der Waals surface area contributed by atoms with Crippen molar-refractivity contribution in [3.8, 4) is 0 Å². The predicted molar refractivity (Wildman–Crippen MR) is 91.0 cm³/mol. The van der Waals surface area contributed by atoms with E-state index in [4.69, 9.17) is 0 Å². The van der Waals surface area contributed by atoms with Crippen molar-refractivity contribution >= 4 is 11.9 Å². The molecule has 2 fully saturated rings. The number of nitrogens with zero attached hydrogens (tertiary/aromatic N) is 3. The summed E-state index contributed by atoms with van der Waals surface area (Å²) in [5.41, 5.74) is 0. The van der Waals surface area contributed by atoms with Crippen LogP contribution in [0.2, 0.25) is 0 Å². The summed E-state index contributed by atoms with van der Waals surface area (Å²) < 4.78 is 0. The van der Waals surface area contributed by atoms with Gasteiger partial charge in [-0.05, 0) is 44.9 Å². The maximum atomic E-state index is 12.3. The van der Waals surface area contributed by atoms with Crippen LogP contribution in [-0.4, -0.2) is 60.9 Å². The lowest BCUT2D eigenvalue weighted by atomic mass is 10.0. The van der Waals surface area contributed by atoms with Gasteiger partial charge in [-0.25, -0.2) is 0 Å². The zero-order chi connectivity index (χ0) is 15.9. The maximum absolute atomic E-state index is 12.3. The largest absolute Gasteiger partial charge is 0.356 e. The van der Waals surface area contributed by atoms with Crippen LogP contribution in [0.25, 0.3) is 0 Å². The van der Waals surface area contributed by atoms with Gasteiger partial charge in [0.2, 0.25) is 5.91 Å². The number of aliphatic imine (C=N–C) groups is 1. The topological polar surface area (TPSA) is 47.9 Å². The number of likely N-dealkylation sites (tertiary alicyclic amines) is 2. The van der Waals surface area contributed by atoms with Gasteiger partial charge in [-0.3, -0.25) is 9.79 Å². The second kappa shape index (κ2) is 8.39. The molecule has 2 atom stereocenters. The molecule has 0 spiro atoms. The van der Waals surface area contributed by atoms with Crippen LogP contribution in [-0.2, 0) is 4.79 Å². The molecular weight excluding hydrogens is 276 g/mol. The van der Waals surface area contributed by atoms with Crippen molar-refractivity contribution in [2.45, 2.75) is 58.4 Å². The third-order valence-electron chi connectivity index (χ3n) is 4.91. The summed E-state index contributed by atoms with van der Waals surface area (Å²) in [6.07, 6.45) is 6.64. The van der Waals surface area contributed by atoms with E-state index in [0.29, 0.717) is 19.0 Å². The quantitative estimate of drug-likeness (QED) is 0.641. The fraction of sp³-hybridized carbons (Fsp3) is 0.882. The Bertz CT molecular complexity index is 396. The van der Waals surface area contributed by atoms with Gasteiger partial charge in [-0.2, -0.15) is 0 Å². The van der Waals surface area contributed by atoms with Gasteiger partial charge in [0.25, 0.3) is 0 Å². The number of piperidine rings is 2. The number of rotatable bonds is 3. The van der Waals surface area contributed by atoms with Crippen molar-refractivity contribution in [1.82, 2.24) is 15.1 Å². The van der Waals surface area contributed by atoms with Gasteiger partial charge in [0.15, 0.2) is 5.96 Å². The normalized spacial score (nSPS) is 27.0. The molecule has 0 aliphatic carbocycles. The molecule has 0 radical (unpaired) electrons. The van der Waals surface area contributed by atoms with Crippen molar-refractivity contribution in [2.24, 2.45) is 10.9 Å². The van der Waals surface area contributed by atoms with Gasteiger partial charge >= 0.3 is 0 Å². The molecule has 0 aromatic rings. The highest BCUT2D eigenvalue weighted by Crippen LogP contribution is 2.17. The predicted octanol–water partition coefficient (Wildman–Crippen LogP) is 2.08. The SMILES string of the molecule is CN=C(NCCC(=O)N1CCCCC1C)N1CCCC(C)C1. The molecule has 2 rings (SSSR count). The van der Waals surface area contributed by atoms with Crippen LogP contribution in [0.15, 0.2) is 4.99 Å². The van der Waals surface area contributed by atoms with Crippen LogP contribution in [0, 0.1) is 5.92 Å². The average molecular weight is 308 g/mol. The summed E-state index contributed by atoms with van der Waals surface area (Å²) in [5.74, 6) is 1.95. The molecule has 2 saturated heterocycles. The van der Waals surface area contributed by atoms with E-state index in [1.54, 1.807) is 0 Å². The maximum Gasteiger partial charge on any atom is 0.224 e. The minimum absolute atomic E-state index is 0.280. The van der Waals surface area contributed by atoms with E-state index >= 15 is 0 Å².